The number of allylic oxidation sites excluding steroid dienone is 2. The number of aromatic nitrogens is 1. The van der Waals surface area contributed by atoms with E-state index in [1.54, 1.807) is 23.1 Å². The maximum Gasteiger partial charge on any atom is 0.263 e. The number of nitrogens with zero attached hydrogens (tertiary/aromatic N) is 3. The molecule has 3 aromatic rings. The first kappa shape index (κ1) is 23.1. The molecular formula is C28H30N3OS2+. The lowest BCUT2D eigenvalue weighted by Gasteiger charge is -2.29. The second-order valence-corrected chi connectivity index (χ2v) is 10.6. The lowest BCUT2D eigenvalue weighted by atomic mass is 9.75. The molecule has 4 nitrogen and oxygen atoms in total. The van der Waals surface area contributed by atoms with Crippen molar-refractivity contribution in [2.24, 2.45) is 10.9 Å². The summed E-state index contributed by atoms with van der Waals surface area (Å²) < 4.78 is 3.53. The first-order valence-corrected chi connectivity index (χ1v) is 13.8. The summed E-state index contributed by atoms with van der Waals surface area (Å²) in [6, 6.07) is 16.9. The summed E-state index contributed by atoms with van der Waals surface area (Å²) in [4.78, 5) is 21.9. The van der Waals surface area contributed by atoms with E-state index in [1.165, 1.54) is 20.8 Å². The lowest BCUT2D eigenvalue weighted by Crippen LogP contribution is -2.41. The van der Waals surface area contributed by atoms with Crippen LogP contribution < -0.4 is 9.47 Å². The molecule has 6 heteroatoms. The van der Waals surface area contributed by atoms with E-state index in [1.807, 2.05) is 0 Å². The van der Waals surface area contributed by atoms with Crippen LogP contribution in [0.3, 0.4) is 0 Å². The number of unbranched alkanes of at least 4 members (excludes halogenated alkanes) is 1. The van der Waals surface area contributed by atoms with E-state index >= 15 is 0 Å². The second kappa shape index (κ2) is 9.88. The molecule has 0 amide bonds. The molecule has 0 saturated heterocycles. The number of thiazole rings is 1. The Kier molecular flexibility index (Phi) is 6.70. The van der Waals surface area contributed by atoms with Gasteiger partial charge in [0.15, 0.2) is 5.78 Å². The summed E-state index contributed by atoms with van der Waals surface area (Å²) in [7, 11) is 0. The van der Waals surface area contributed by atoms with Gasteiger partial charge in [-0.15, -0.1) is 0 Å². The molecule has 2 aromatic carbocycles. The summed E-state index contributed by atoms with van der Waals surface area (Å²) in [5.41, 5.74) is 4.16. The minimum Gasteiger partial charge on any atom is -0.336 e. The smallest absolute Gasteiger partial charge is 0.263 e. The quantitative estimate of drug-likeness (QED) is 0.216. The third-order valence-corrected chi connectivity index (χ3v) is 8.64. The van der Waals surface area contributed by atoms with E-state index in [-0.39, 0.29) is 11.7 Å². The molecule has 0 N–H and O–H groups in total. The normalized spacial score (nSPS) is 21.1. The SMILES string of the molecule is CCCCN=C1/C(=C\c2sc3ccccc3[n+]2CC)C(=O)C1/C=C1\Sc2ccccc2N1CC. The van der Waals surface area contributed by atoms with Crippen LogP contribution in [0.15, 0.2) is 75.1 Å². The summed E-state index contributed by atoms with van der Waals surface area (Å²) in [6.45, 7) is 9.00. The first-order valence-electron chi connectivity index (χ1n) is 12.1. The fourth-order valence-corrected chi connectivity index (χ4v) is 6.97. The number of benzene rings is 2. The van der Waals surface area contributed by atoms with Gasteiger partial charge in [0, 0.05) is 35.7 Å². The molecule has 2 heterocycles. The Morgan fingerprint density at radius 1 is 1.09 bits per heavy atom. The van der Waals surface area contributed by atoms with Gasteiger partial charge >= 0.3 is 0 Å². The molecule has 2 aliphatic rings. The van der Waals surface area contributed by atoms with Crippen molar-refractivity contribution in [3.8, 4) is 0 Å². The number of aliphatic imine (C=N–C) groups is 1. The number of hydrogen-bond acceptors (Lipinski definition) is 5. The molecule has 1 saturated carbocycles. The minimum atomic E-state index is -0.265. The van der Waals surface area contributed by atoms with Crippen LogP contribution in [0.4, 0.5) is 5.69 Å². The van der Waals surface area contributed by atoms with Gasteiger partial charge in [0.2, 0.25) is 5.52 Å². The highest BCUT2D eigenvalue weighted by molar-refractivity contribution is 8.03. The molecular weight excluding hydrogens is 458 g/mol. The fourth-order valence-electron chi connectivity index (χ4n) is 4.60. The number of aryl methyl sites for hydroxylation is 1. The van der Waals surface area contributed by atoms with Crippen molar-refractivity contribution < 1.29 is 9.36 Å². The fraction of sp³-hybridized carbons (Fsp3) is 0.321. The van der Waals surface area contributed by atoms with Gasteiger partial charge in [-0.1, -0.05) is 60.7 Å². The van der Waals surface area contributed by atoms with Crippen LogP contribution in [-0.2, 0) is 11.3 Å². The molecule has 0 bridgehead atoms. The number of carbonyl (C=O) groups is 1. The van der Waals surface area contributed by atoms with Gasteiger partial charge in [-0.25, -0.2) is 0 Å². The van der Waals surface area contributed by atoms with E-state index in [0.717, 1.165) is 53.8 Å². The van der Waals surface area contributed by atoms with Crippen molar-refractivity contribution in [1.82, 2.24) is 0 Å². The number of carbonyl (C=O) groups excluding carboxylic acids is 1. The van der Waals surface area contributed by atoms with Gasteiger partial charge in [-0.3, -0.25) is 9.79 Å². The molecule has 0 spiro atoms. The Morgan fingerprint density at radius 2 is 1.88 bits per heavy atom. The maximum atomic E-state index is 13.5. The number of fused-ring (bicyclic) bond motifs is 2. The van der Waals surface area contributed by atoms with Crippen molar-refractivity contribution >= 4 is 56.6 Å². The summed E-state index contributed by atoms with van der Waals surface area (Å²) >= 11 is 3.49. The Hall–Kier alpha value is -2.70. The van der Waals surface area contributed by atoms with Crippen LogP contribution in [-0.4, -0.2) is 24.6 Å². The van der Waals surface area contributed by atoms with E-state index < -0.39 is 0 Å². The third-order valence-electron chi connectivity index (χ3n) is 6.40. The highest BCUT2D eigenvalue weighted by atomic mass is 32.2. The number of rotatable bonds is 7. The van der Waals surface area contributed by atoms with Gasteiger partial charge in [0.05, 0.1) is 22.3 Å². The van der Waals surface area contributed by atoms with E-state index in [2.05, 4.69) is 90.9 Å². The molecule has 1 fully saturated rings. The number of hydrogen-bond donors (Lipinski definition) is 0. The van der Waals surface area contributed by atoms with Crippen LogP contribution >= 0.6 is 23.1 Å². The van der Waals surface area contributed by atoms with Crippen molar-refractivity contribution in [3.05, 3.63) is 70.2 Å². The van der Waals surface area contributed by atoms with Crippen LogP contribution in [0.2, 0.25) is 0 Å². The zero-order chi connectivity index (χ0) is 23.7. The summed E-state index contributed by atoms with van der Waals surface area (Å²) in [5.74, 6) is -0.0890. The number of anilines is 1. The molecule has 1 unspecified atom stereocenters. The molecule has 34 heavy (non-hydrogen) atoms. The van der Waals surface area contributed by atoms with Crippen LogP contribution in [0.1, 0.15) is 38.6 Å². The van der Waals surface area contributed by atoms with Gasteiger partial charge < -0.3 is 4.90 Å². The molecule has 0 radical (unpaired) electrons. The predicted molar refractivity (Wildman–Crippen MR) is 145 cm³/mol. The van der Waals surface area contributed by atoms with Gasteiger partial charge in [-0.2, -0.15) is 4.57 Å². The monoisotopic (exact) mass is 488 g/mol. The molecule has 1 aliphatic heterocycles. The van der Waals surface area contributed by atoms with Crippen molar-refractivity contribution in [3.63, 3.8) is 0 Å². The van der Waals surface area contributed by atoms with Crippen molar-refractivity contribution in [2.45, 2.75) is 45.1 Å². The Bertz CT molecular complexity index is 1330. The van der Waals surface area contributed by atoms with Gasteiger partial charge in [0.25, 0.3) is 5.01 Å². The zero-order valence-corrected chi connectivity index (χ0v) is 21.6. The average Bonchev–Trinajstić information content (AvgIpc) is 3.41. The average molecular weight is 489 g/mol. The number of ketones is 1. The van der Waals surface area contributed by atoms with Gasteiger partial charge in [-0.05, 0) is 44.5 Å². The molecule has 5 rings (SSSR count). The van der Waals surface area contributed by atoms with E-state index in [9.17, 15) is 4.79 Å². The van der Waals surface area contributed by atoms with Crippen LogP contribution in [0.25, 0.3) is 16.3 Å². The number of thioether (sulfide) groups is 1. The third kappa shape index (κ3) is 4.03. The second-order valence-electron chi connectivity index (χ2n) is 8.49. The topological polar surface area (TPSA) is 36.6 Å². The predicted octanol–water partition coefficient (Wildman–Crippen LogP) is 6.51. The Balaban J connectivity index is 1.51. The van der Waals surface area contributed by atoms with Crippen LogP contribution in [0.5, 0.6) is 0 Å². The lowest BCUT2D eigenvalue weighted by molar-refractivity contribution is -0.665. The van der Waals surface area contributed by atoms with Gasteiger partial charge in [0.1, 0.15) is 11.2 Å². The molecule has 1 aromatic heterocycles. The summed E-state index contributed by atoms with van der Waals surface area (Å²) in [5, 5.41) is 2.24. The van der Waals surface area contributed by atoms with E-state index in [0.29, 0.717) is 0 Å². The molecule has 1 aliphatic carbocycles. The summed E-state index contributed by atoms with van der Waals surface area (Å²) in [6.07, 6.45) is 6.34. The highest BCUT2D eigenvalue weighted by Gasteiger charge is 2.42. The minimum absolute atomic E-state index is 0.176. The Labute approximate surface area is 209 Å². The molecule has 174 valence electrons. The van der Waals surface area contributed by atoms with Crippen molar-refractivity contribution in [1.29, 1.82) is 0 Å². The Morgan fingerprint density at radius 3 is 2.68 bits per heavy atom. The zero-order valence-electron chi connectivity index (χ0n) is 20.0. The number of para-hydroxylation sites is 2. The van der Waals surface area contributed by atoms with E-state index in [4.69, 9.17) is 4.99 Å². The molecule has 1 atom stereocenters. The van der Waals surface area contributed by atoms with Crippen molar-refractivity contribution in [2.75, 3.05) is 18.0 Å². The number of Topliss-reactive ketones (excluding diaryl/α,β-unsaturated/α-hetero) is 1. The largest absolute Gasteiger partial charge is 0.336 e. The van der Waals surface area contributed by atoms with Crippen LogP contribution in [0, 0.1) is 5.92 Å². The highest BCUT2D eigenvalue weighted by Crippen LogP contribution is 2.47. The maximum absolute atomic E-state index is 13.5. The first-order chi connectivity index (χ1) is 16.7. The standard InChI is InChI=1S/C28H30N3OS2/c1-4-7-16-29-27-19(17-25-30(5-2)21-12-8-10-14-23(21)33-25)28(32)20(27)18-26-31(6-3)22-13-9-11-15-24(22)34-26/h8-15,17-19H,4-7,16H2,1-3H3/q+1/b20-18+,25-17-,29-27?.